The second-order valence-corrected chi connectivity index (χ2v) is 10.8. The zero-order chi connectivity index (χ0) is 22.3. The van der Waals surface area contributed by atoms with Crippen molar-refractivity contribution in [2.75, 3.05) is 19.5 Å². The van der Waals surface area contributed by atoms with E-state index in [0.29, 0.717) is 0 Å². The van der Waals surface area contributed by atoms with Crippen molar-refractivity contribution in [2.24, 2.45) is 11.8 Å². The van der Waals surface area contributed by atoms with E-state index in [1.165, 1.54) is 0 Å². The Morgan fingerprint density at radius 2 is 1.59 bits per heavy atom. The van der Waals surface area contributed by atoms with Crippen LogP contribution >= 0.6 is 7.60 Å². The van der Waals surface area contributed by atoms with Crippen LogP contribution in [0.1, 0.15) is 33.3 Å². The normalized spacial score (nSPS) is 14.5. The van der Waals surface area contributed by atoms with E-state index in [1.807, 2.05) is 30.3 Å². The molecule has 9 nitrogen and oxygen atoms in total. The Morgan fingerprint density at radius 1 is 1.03 bits per heavy atom. The molecule has 1 aromatic carbocycles. The zero-order valence-electron chi connectivity index (χ0n) is 17.3. The molecule has 1 rings (SSSR count). The molecule has 29 heavy (non-hydrogen) atoms. The second-order valence-electron chi connectivity index (χ2n) is 7.40. The largest absolute Gasteiger partial charge is 0.374 e. The summed E-state index contributed by atoms with van der Waals surface area (Å²) in [4.78, 5) is 30.4. The predicted octanol–water partition coefficient (Wildman–Crippen LogP) is 2.68. The fraction of sp³-hybridized carbons (Fsp3) is 0.667. The molecule has 0 aliphatic carbocycles. The highest BCUT2D eigenvalue weighted by Gasteiger charge is 2.55. The topological polar surface area (TPSA) is 129 Å². The molecule has 0 radical (unpaired) electrons. The quantitative estimate of drug-likeness (QED) is 0.200. The summed E-state index contributed by atoms with van der Waals surface area (Å²) >= 11 is 0. The molecule has 0 fully saturated rings. The molecule has 1 atom stereocenters. The standard InChI is InChI=1S/C18H31O9PS/c1-14(2)18(15(3)4,28(19,20)21)27-26-17(13-25-29(5,22)23)12-24-11-16-9-7-6-8-10-16/h6-10,14-15,17H,11-13H2,1-5H3,(H2,19,20,21)/t17-/m0/s1. The molecule has 11 heteroatoms. The summed E-state index contributed by atoms with van der Waals surface area (Å²) in [6.45, 7) is 6.12. The van der Waals surface area contributed by atoms with Gasteiger partial charge in [-0.05, 0) is 17.4 Å². The van der Waals surface area contributed by atoms with Crippen LogP contribution in [0.2, 0.25) is 0 Å². The Bertz CT molecular complexity index is 751. The van der Waals surface area contributed by atoms with E-state index < -0.39 is 47.6 Å². The first kappa shape index (κ1) is 26.2. The van der Waals surface area contributed by atoms with Crippen LogP contribution in [0.4, 0.5) is 0 Å². The van der Waals surface area contributed by atoms with Crippen LogP contribution in [0.5, 0.6) is 0 Å². The first-order valence-corrected chi connectivity index (χ1v) is 12.6. The van der Waals surface area contributed by atoms with Crippen molar-refractivity contribution >= 4 is 17.7 Å². The molecule has 0 amide bonds. The number of rotatable bonds is 13. The van der Waals surface area contributed by atoms with Crippen LogP contribution in [0.15, 0.2) is 30.3 Å². The Hall–Kier alpha value is -0.840. The highest BCUT2D eigenvalue weighted by molar-refractivity contribution is 7.85. The van der Waals surface area contributed by atoms with Gasteiger partial charge in [0.1, 0.15) is 6.10 Å². The molecular weight excluding hydrogens is 423 g/mol. The third kappa shape index (κ3) is 8.07. The minimum atomic E-state index is -4.75. The molecule has 0 spiro atoms. The van der Waals surface area contributed by atoms with Gasteiger partial charge in [0.25, 0.3) is 10.1 Å². The molecule has 0 unspecified atom stereocenters. The van der Waals surface area contributed by atoms with Crippen molar-refractivity contribution in [3.05, 3.63) is 35.9 Å². The van der Waals surface area contributed by atoms with Gasteiger partial charge in [-0.1, -0.05) is 58.0 Å². The van der Waals surface area contributed by atoms with Crippen LogP contribution in [-0.2, 0) is 40.0 Å². The van der Waals surface area contributed by atoms with Crippen LogP contribution in [-0.4, -0.2) is 49.1 Å². The molecule has 0 bridgehead atoms. The van der Waals surface area contributed by atoms with Crippen molar-refractivity contribution < 1.29 is 41.5 Å². The van der Waals surface area contributed by atoms with Crippen LogP contribution in [0.25, 0.3) is 0 Å². The van der Waals surface area contributed by atoms with Crippen molar-refractivity contribution in [3.63, 3.8) is 0 Å². The summed E-state index contributed by atoms with van der Waals surface area (Å²) in [6.07, 6.45) is -0.144. The van der Waals surface area contributed by atoms with Crippen molar-refractivity contribution in [1.82, 2.24) is 0 Å². The molecule has 0 heterocycles. The first-order chi connectivity index (χ1) is 13.3. The van der Waals surface area contributed by atoms with Crippen molar-refractivity contribution in [3.8, 4) is 0 Å². The smallest absolute Gasteiger partial charge is 0.360 e. The summed E-state index contributed by atoms with van der Waals surface area (Å²) in [5.41, 5.74) is 0.894. The van der Waals surface area contributed by atoms with Gasteiger partial charge in [0.05, 0.1) is 26.1 Å². The average molecular weight is 454 g/mol. The second kappa shape index (κ2) is 11.0. The fourth-order valence-corrected chi connectivity index (χ4v) is 4.80. The van der Waals surface area contributed by atoms with Gasteiger partial charge in [0.2, 0.25) is 5.34 Å². The van der Waals surface area contributed by atoms with Crippen molar-refractivity contribution in [1.29, 1.82) is 0 Å². The lowest BCUT2D eigenvalue weighted by Gasteiger charge is -2.40. The molecule has 2 N–H and O–H groups in total. The van der Waals surface area contributed by atoms with E-state index in [9.17, 15) is 22.8 Å². The lowest BCUT2D eigenvalue weighted by Crippen LogP contribution is -2.45. The van der Waals surface area contributed by atoms with Crippen LogP contribution < -0.4 is 0 Å². The molecule has 1 aromatic rings. The van der Waals surface area contributed by atoms with Gasteiger partial charge in [-0.2, -0.15) is 8.42 Å². The third-order valence-electron chi connectivity index (χ3n) is 4.31. The van der Waals surface area contributed by atoms with Gasteiger partial charge in [0.15, 0.2) is 0 Å². The molecule has 0 saturated heterocycles. The predicted molar refractivity (Wildman–Crippen MR) is 107 cm³/mol. The van der Waals surface area contributed by atoms with E-state index in [4.69, 9.17) is 18.7 Å². The van der Waals surface area contributed by atoms with Gasteiger partial charge in [-0.15, -0.1) is 0 Å². The molecule has 168 valence electrons. The lowest BCUT2D eigenvalue weighted by atomic mass is 9.95. The molecule has 0 aromatic heterocycles. The summed E-state index contributed by atoms with van der Waals surface area (Å²) in [5, 5.41) is -1.91. The SMILES string of the molecule is CC(C)C(OO[C@@H](COCc1ccccc1)COS(C)(=O)=O)(C(C)C)P(=O)(O)O. The average Bonchev–Trinajstić information content (AvgIpc) is 2.57. The van der Waals surface area contributed by atoms with Gasteiger partial charge < -0.3 is 14.5 Å². The lowest BCUT2D eigenvalue weighted by molar-refractivity contribution is -0.388. The molecular formula is C18H31O9PS. The Morgan fingerprint density at radius 3 is 2.03 bits per heavy atom. The number of benzene rings is 1. The first-order valence-electron chi connectivity index (χ1n) is 9.15. The number of ether oxygens (including phenoxy) is 1. The summed E-state index contributed by atoms with van der Waals surface area (Å²) < 4.78 is 45.1. The Labute approximate surface area is 172 Å². The van der Waals surface area contributed by atoms with Crippen LogP contribution in [0, 0.1) is 11.8 Å². The van der Waals surface area contributed by atoms with Gasteiger partial charge in [-0.3, -0.25) is 8.75 Å². The van der Waals surface area contributed by atoms with Crippen LogP contribution in [0.3, 0.4) is 0 Å². The maximum Gasteiger partial charge on any atom is 0.360 e. The van der Waals surface area contributed by atoms with E-state index >= 15 is 0 Å². The monoisotopic (exact) mass is 454 g/mol. The minimum Gasteiger partial charge on any atom is -0.374 e. The van der Waals surface area contributed by atoms with E-state index in [2.05, 4.69) is 0 Å². The van der Waals surface area contributed by atoms with Crippen molar-refractivity contribution in [2.45, 2.75) is 45.7 Å². The summed E-state index contributed by atoms with van der Waals surface area (Å²) in [5.74, 6) is -1.19. The third-order valence-corrected chi connectivity index (χ3v) is 6.89. The van der Waals surface area contributed by atoms with Gasteiger partial charge in [-0.25, -0.2) is 9.78 Å². The molecule has 0 saturated carbocycles. The van der Waals surface area contributed by atoms with Gasteiger partial charge in [0, 0.05) is 0 Å². The molecule has 0 aliphatic rings. The number of hydrogen-bond donors (Lipinski definition) is 2. The Kier molecular flexibility index (Phi) is 9.91. The maximum atomic E-state index is 12.2. The highest BCUT2D eigenvalue weighted by Crippen LogP contribution is 2.59. The number of hydrogen-bond acceptors (Lipinski definition) is 7. The highest BCUT2D eigenvalue weighted by atomic mass is 32.2. The maximum absolute atomic E-state index is 12.2. The summed E-state index contributed by atoms with van der Waals surface area (Å²) in [6, 6.07) is 9.28. The van der Waals surface area contributed by atoms with Gasteiger partial charge >= 0.3 is 7.60 Å². The van der Waals surface area contributed by atoms with E-state index in [1.54, 1.807) is 27.7 Å². The Balaban J connectivity index is 2.89. The zero-order valence-corrected chi connectivity index (χ0v) is 19.1. The molecule has 0 aliphatic heterocycles. The van der Waals surface area contributed by atoms with E-state index in [-0.39, 0.29) is 13.2 Å². The fourth-order valence-electron chi connectivity index (χ4n) is 2.91. The minimum absolute atomic E-state index is 0.113. The van der Waals surface area contributed by atoms with E-state index in [0.717, 1.165) is 11.8 Å². The summed E-state index contributed by atoms with van der Waals surface area (Å²) in [7, 11) is -8.50.